The summed E-state index contributed by atoms with van der Waals surface area (Å²) in [4.78, 5) is 26.4. The second-order valence-electron chi connectivity index (χ2n) is 5.54. The summed E-state index contributed by atoms with van der Waals surface area (Å²) >= 11 is 0. The molecule has 0 unspecified atom stereocenters. The molecular formula is C19H19NO6. The van der Waals surface area contributed by atoms with Crippen LogP contribution < -0.4 is 9.47 Å². The van der Waals surface area contributed by atoms with Crippen LogP contribution in [0.15, 0.2) is 41.4 Å². The number of para-hydroxylation sites is 1. The Balaban J connectivity index is 2.38. The Hall–Kier alpha value is -3.35. The van der Waals surface area contributed by atoms with E-state index in [4.69, 9.17) is 19.7 Å². The first-order chi connectivity index (χ1) is 12.3. The number of rotatable bonds is 7. The second kappa shape index (κ2) is 8.15. The van der Waals surface area contributed by atoms with Gasteiger partial charge in [0, 0.05) is 11.8 Å². The average Bonchev–Trinajstić information content (AvgIpc) is 2.61. The first kappa shape index (κ1) is 19.0. The summed E-state index contributed by atoms with van der Waals surface area (Å²) in [5.74, 6) is -1.44. The molecule has 0 aliphatic heterocycles. The number of aromatic carboxylic acids is 1. The zero-order valence-electron chi connectivity index (χ0n) is 14.6. The van der Waals surface area contributed by atoms with E-state index in [2.05, 4.69) is 4.99 Å². The lowest BCUT2D eigenvalue weighted by Gasteiger charge is -2.15. The Morgan fingerprint density at radius 3 is 2.50 bits per heavy atom. The number of benzene rings is 2. The highest BCUT2D eigenvalue weighted by Gasteiger charge is 2.18. The highest BCUT2D eigenvalue weighted by molar-refractivity contribution is 5.90. The van der Waals surface area contributed by atoms with Crippen molar-refractivity contribution >= 4 is 23.8 Å². The molecule has 1 atom stereocenters. The maximum atomic E-state index is 11.1. The molecule has 7 nitrogen and oxygen atoms in total. The third kappa shape index (κ3) is 4.38. The van der Waals surface area contributed by atoms with Gasteiger partial charge in [0.15, 0.2) is 17.6 Å². The van der Waals surface area contributed by atoms with Gasteiger partial charge in [0.2, 0.25) is 0 Å². The molecule has 2 aromatic carbocycles. The Morgan fingerprint density at radius 2 is 1.92 bits per heavy atom. The molecular weight excluding hydrogens is 338 g/mol. The van der Waals surface area contributed by atoms with E-state index in [9.17, 15) is 9.59 Å². The molecule has 0 spiro atoms. The molecule has 0 aliphatic rings. The van der Waals surface area contributed by atoms with Crippen molar-refractivity contribution in [2.75, 3.05) is 7.11 Å². The van der Waals surface area contributed by atoms with Crippen LogP contribution in [0.2, 0.25) is 0 Å². The van der Waals surface area contributed by atoms with Crippen LogP contribution in [0.4, 0.5) is 5.69 Å². The monoisotopic (exact) mass is 357 g/mol. The molecule has 26 heavy (non-hydrogen) atoms. The molecule has 0 bridgehead atoms. The fourth-order valence-electron chi connectivity index (χ4n) is 2.22. The molecule has 0 saturated carbocycles. The molecule has 2 rings (SSSR count). The summed E-state index contributed by atoms with van der Waals surface area (Å²) in [6.07, 6.45) is 0.463. The van der Waals surface area contributed by atoms with Gasteiger partial charge in [-0.25, -0.2) is 9.59 Å². The zero-order valence-corrected chi connectivity index (χ0v) is 14.6. The van der Waals surface area contributed by atoms with Crippen LogP contribution in [-0.2, 0) is 4.79 Å². The van der Waals surface area contributed by atoms with E-state index in [1.54, 1.807) is 31.2 Å². The molecule has 0 aromatic heterocycles. The van der Waals surface area contributed by atoms with Crippen LogP contribution in [0.1, 0.15) is 28.4 Å². The van der Waals surface area contributed by atoms with Crippen LogP contribution in [0, 0.1) is 6.92 Å². The van der Waals surface area contributed by atoms with Gasteiger partial charge in [-0.3, -0.25) is 4.99 Å². The summed E-state index contributed by atoms with van der Waals surface area (Å²) in [7, 11) is 1.46. The minimum atomic E-state index is -1.10. The van der Waals surface area contributed by atoms with Gasteiger partial charge in [0.1, 0.15) is 0 Å². The van der Waals surface area contributed by atoms with E-state index in [0.717, 1.165) is 0 Å². The molecule has 0 radical (unpaired) electrons. The molecule has 136 valence electrons. The number of nitrogens with zero attached hydrogens (tertiary/aromatic N) is 1. The van der Waals surface area contributed by atoms with Crippen molar-refractivity contribution in [1.29, 1.82) is 0 Å². The van der Waals surface area contributed by atoms with Crippen LogP contribution in [-0.4, -0.2) is 41.6 Å². The largest absolute Gasteiger partial charge is 0.493 e. The van der Waals surface area contributed by atoms with Crippen LogP contribution >= 0.6 is 0 Å². The normalized spacial score (nSPS) is 12.0. The smallest absolute Gasteiger partial charge is 0.344 e. The van der Waals surface area contributed by atoms with Crippen molar-refractivity contribution in [2.45, 2.75) is 20.0 Å². The van der Waals surface area contributed by atoms with Crippen LogP contribution in [0.5, 0.6) is 11.5 Å². The van der Waals surface area contributed by atoms with Crippen molar-refractivity contribution in [3.63, 3.8) is 0 Å². The Kier molecular flexibility index (Phi) is 5.95. The lowest BCUT2D eigenvalue weighted by atomic mass is 10.1. The minimum Gasteiger partial charge on any atom is -0.493 e. The van der Waals surface area contributed by atoms with Crippen molar-refractivity contribution in [2.24, 2.45) is 4.99 Å². The summed E-state index contributed by atoms with van der Waals surface area (Å²) in [6.45, 7) is 3.18. The number of carboxylic acid groups (broad SMARTS) is 2. The molecule has 0 heterocycles. The number of methoxy groups -OCH3 is 1. The van der Waals surface area contributed by atoms with Crippen molar-refractivity contribution in [1.82, 2.24) is 0 Å². The molecule has 7 heteroatoms. The number of aliphatic imine (C=N–C) groups is 1. The number of carbonyl (C=O) groups is 2. The van der Waals surface area contributed by atoms with Gasteiger partial charge < -0.3 is 19.7 Å². The summed E-state index contributed by atoms with van der Waals surface area (Å²) in [6, 6.07) is 9.72. The minimum absolute atomic E-state index is 0.183. The van der Waals surface area contributed by atoms with Gasteiger partial charge in [0.05, 0.1) is 18.4 Å². The van der Waals surface area contributed by atoms with E-state index in [1.165, 1.54) is 32.4 Å². The summed E-state index contributed by atoms with van der Waals surface area (Å²) < 4.78 is 10.7. The van der Waals surface area contributed by atoms with E-state index in [-0.39, 0.29) is 11.3 Å². The van der Waals surface area contributed by atoms with Crippen molar-refractivity contribution < 1.29 is 29.3 Å². The third-order valence-electron chi connectivity index (χ3n) is 3.66. The molecule has 0 aliphatic carbocycles. The molecule has 0 fully saturated rings. The van der Waals surface area contributed by atoms with Gasteiger partial charge in [-0.15, -0.1) is 0 Å². The van der Waals surface area contributed by atoms with Gasteiger partial charge in [-0.1, -0.05) is 6.07 Å². The van der Waals surface area contributed by atoms with Crippen molar-refractivity contribution in [3.05, 3.63) is 53.1 Å². The molecule has 0 saturated heterocycles. The number of carboxylic acids is 2. The standard InChI is InChI=1S/C19H19NO6/c1-11-9-13(19(23)24)7-8-15(11)20-10-14-5-4-6-16(25-3)17(14)26-12(2)18(21)22/h4-10,12H,1-3H3,(H,21,22)(H,23,24)/t12-/m1/s1. The number of hydrogen-bond donors (Lipinski definition) is 2. The van der Waals surface area contributed by atoms with Crippen LogP contribution in [0.3, 0.4) is 0 Å². The first-order valence-corrected chi connectivity index (χ1v) is 7.78. The number of aryl methyl sites for hydroxylation is 1. The average molecular weight is 357 g/mol. The summed E-state index contributed by atoms with van der Waals surface area (Å²) in [5, 5.41) is 18.1. The maximum Gasteiger partial charge on any atom is 0.344 e. The van der Waals surface area contributed by atoms with E-state index in [0.29, 0.717) is 22.6 Å². The highest BCUT2D eigenvalue weighted by atomic mass is 16.5. The van der Waals surface area contributed by atoms with Gasteiger partial charge in [-0.05, 0) is 49.7 Å². The highest BCUT2D eigenvalue weighted by Crippen LogP contribution is 2.31. The number of ether oxygens (including phenoxy) is 2. The number of aliphatic carboxylic acids is 1. The van der Waals surface area contributed by atoms with Gasteiger partial charge in [-0.2, -0.15) is 0 Å². The lowest BCUT2D eigenvalue weighted by molar-refractivity contribution is -0.144. The predicted molar refractivity (Wildman–Crippen MR) is 96.1 cm³/mol. The Morgan fingerprint density at radius 1 is 1.19 bits per heavy atom. The van der Waals surface area contributed by atoms with Gasteiger partial charge in [0.25, 0.3) is 0 Å². The fraction of sp³-hybridized carbons (Fsp3) is 0.211. The van der Waals surface area contributed by atoms with Gasteiger partial charge >= 0.3 is 11.9 Å². The molecule has 2 N–H and O–H groups in total. The van der Waals surface area contributed by atoms with E-state index in [1.807, 2.05) is 0 Å². The topological polar surface area (TPSA) is 105 Å². The lowest BCUT2D eigenvalue weighted by Crippen LogP contribution is -2.23. The molecule has 0 amide bonds. The first-order valence-electron chi connectivity index (χ1n) is 7.78. The third-order valence-corrected chi connectivity index (χ3v) is 3.66. The SMILES string of the molecule is COc1cccc(C=Nc2ccc(C(=O)O)cc2C)c1O[C@H](C)C(=O)O. The van der Waals surface area contributed by atoms with Crippen molar-refractivity contribution in [3.8, 4) is 11.5 Å². The van der Waals surface area contributed by atoms with E-state index >= 15 is 0 Å². The Bertz CT molecular complexity index is 859. The summed E-state index contributed by atoms with van der Waals surface area (Å²) in [5.41, 5.74) is 2.02. The van der Waals surface area contributed by atoms with E-state index < -0.39 is 18.0 Å². The quantitative estimate of drug-likeness (QED) is 0.737. The fourth-order valence-corrected chi connectivity index (χ4v) is 2.22. The van der Waals surface area contributed by atoms with Crippen LogP contribution in [0.25, 0.3) is 0 Å². The zero-order chi connectivity index (χ0) is 19.3. The maximum absolute atomic E-state index is 11.1. The predicted octanol–water partition coefficient (Wildman–Crippen LogP) is 3.30. The molecule has 2 aromatic rings. The number of hydrogen-bond acceptors (Lipinski definition) is 5. The Labute approximate surface area is 150 Å². The second-order valence-corrected chi connectivity index (χ2v) is 5.54.